The standard InChI is InChI=1S/C11H20N2O3S2/c1-9(16-4)7-13(3)18(14,15)11-5-10(6-12-2)17-8-11/h5,8-9,12H,6-7H2,1-4H3. The van der Waals surface area contributed by atoms with Gasteiger partial charge in [-0.1, -0.05) is 0 Å². The molecule has 1 unspecified atom stereocenters. The second kappa shape index (κ2) is 6.63. The summed E-state index contributed by atoms with van der Waals surface area (Å²) in [6.45, 7) is 2.86. The zero-order valence-electron chi connectivity index (χ0n) is 11.1. The molecule has 0 saturated carbocycles. The monoisotopic (exact) mass is 292 g/mol. The van der Waals surface area contributed by atoms with Crippen LogP contribution < -0.4 is 5.32 Å². The maximum absolute atomic E-state index is 12.3. The van der Waals surface area contributed by atoms with Gasteiger partial charge in [-0.15, -0.1) is 11.3 Å². The number of rotatable bonds is 7. The van der Waals surface area contributed by atoms with Crippen LogP contribution in [0.2, 0.25) is 0 Å². The molecule has 104 valence electrons. The molecule has 0 amide bonds. The first-order valence-corrected chi connectivity index (χ1v) is 7.95. The van der Waals surface area contributed by atoms with E-state index < -0.39 is 10.0 Å². The second-order valence-electron chi connectivity index (χ2n) is 4.11. The highest BCUT2D eigenvalue weighted by atomic mass is 32.2. The molecule has 0 aliphatic carbocycles. The largest absolute Gasteiger partial charge is 0.380 e. The summed E-state index contributed by atoms with van der Waals surface area (Å²) in [7, 11) is 1.57. The molecule has 1 atom stereocenters. The molecule has 7 heteroatoms. The molecule has 0 aromatic carbocycles. The lowest BCUT2D eigenvalue weighted by Crippen LogP contribution is -2.33. The Bertz CT molecular complexity index is 470. The lowest BCUT2D eigenvalue weighted by molar-refractivity contribution is 0.104. The Morgan fingerprint density at radius 2 is 2.22 bits per heavy atom. The van der Waals surface area contributed by atoms with Gasteiger partial charge in [0.1, 0.15) is 0 Å². The molecule has 0 saturated heterocycles. The molecular weight excluding hydrogens is 272 g/mol. The Hall–Kier alpha value is -0.470. The number of ether oxygens (including phenoxy) is 1. The highest BCUT2D eigenvalue weighted by molar-refractivity contribution is 7.89. The zero-order valence-corrected chi connectivity index (χ0v) is 12.8. The number of thiophene rings is 1. The normalized spacial score (nSPS) is 14.1. The van der Waals surface area contributed by atoms with Gasteiger partial charge in [0.15, 0.2) is 0 Å². The topological polar surface area (TPSA) is 58.6 Å². The fraction of sp³-hybridized carbons (Fsp3) is 0.636. The van der Waals surface area contributed by atoms with Crippen molar-refractivity contribution in [1.82, 2.24) is 9.62 Å². The molecule has 1 N–H and O–H groups in total. The molecule has 1 rings (SSSR count). The molecule has 0 fully saturated rings. The number of hydrogen-bond acceptors (Lipinski definition) is 5. The van der Waals surface area contributed by atoms with E-state index in [-0.39, 0.29) is 6.10 Å². The van der Waals surface area contributed by atoms with Crippen LogP contribution in [0, 0.1) is 0 Å². The minimum atomic E-state index is -3.41. The fourth-order valence-corrected chi connectivity index (χ4v) is 4.00. The Labute approximate surface area is 113 Å². The number of likely N-dealkylation sites (N-methyl/N-ethyl adjacent to an activating group) is 1. The van der Waals surface area contributed by atoms with Gasteiger partial charge in [-0.05, 0) is 20.0 Å². The van der Waals surface area contributed by atoms with Gasteiger partial charge in [-0.3, -0.25) is 0 Å². The van der Waals surface area contributed by atoms with E-state index >= 15 is 0 Å². The number of nitrogens with one attached hydrogen (secondary N) is 1. The zero-order chi connectivity index (χ0) is 13.8. The van der Waals surface area contributed by atoms with Crippen LogP contribution in [-0.4, -0.2) is 46.6 Å². The van der Waals surface area contributed by atoms with Gasteiger partial charge in [0, 0.05) is 37.5 Å². The molecule has 1 aromatic heterocycles. The summed E-state index contributed by atoms with van der Waals surface area (Å²) in [4.78, 5) is 1.35. The van der Waals surface area contributed by atoms with E-state index in [4.69, 9.17) is 4.74 Å². The van der Waals surface area contributed by atoms with Gasteiger partial charge < -0.3 is 10.1 Å². The summed E-state index contributed by atoms with van der Waals surface area (Å²) in [6.07, 6.45) is -0.125. The highest BCUT2D eigenvalue weighted by Gasteiger charge is 2.23. The predicted octanol–water partition coefficient (Wildman–Crippen LogP) is 1.12. The number of hydrogen-bond donors (Lipinski definition) is 1. The molecule has 1 heterocycles. The molecule has 0 bridgehead atoms. The molecule has 0 radical (unpaired) electrons. The van der Waals surface area contributed by atoms with Crippen molar-refractivity contribution in [1.29, 1.82) is 0 Å². The van der Waals surface area contributed by atoms with Crippen molar-refractivity contribution < 1.29 is 13.2 Å². The van der Waals surface area contributed by atoms with Gasteiger partial charge in [-0.2, -0.15) is 4.31 Å². The van der Waals surface area contributed by atoms with Crippen LogP contribution in [0.3, 0.4) is 0 Å². The van der Waals surface area contributed by atoms with Crippen LogP contribution in [0.1, 0.15) is 11.8 Å². The van der Waals surface area contributed by atoms with E-state index in [1.54, 1.807) is 25.6 Å². The number of sulfonamides is 1. The Balaban J connectivity index is 2.84. The lowest BCUT2D eigenvalue weighted by Gasteiger charge is -2.19. The maximum Gasteiger partial charge on any atom is 0.243 e. The van der Waals surface area contributed by atoms with Crippen molar-refractivity contribution in [2.24, 2.45) is 0 Å². The number of methoxy groups -OCH3 is 1. The van der Waals surface area contributed by atoms with Gasteiger partial charge >= 0.3 is 0 Å². The smallest absolute Gasteiger partial charge is 0.243 e. The Kier molecular flexibility index (Phi) is 5.74. The number of nitrogens with zero attached hydrogens (tertiary/aromatic N) is 1. The lowest BCUT2D eigenvalue weighted by atomic mass is 10.4. The first-order valence-electron chi connectivity index (χ1n) is 5.63. The summed E-state index contributed by atoms with van der Waals surface area (Å²) in [6, 6.07) is 1.71. The van der Waals surface area contributed by atoms with Crippen molar-refractivity contribution in [3.63, 3.8) is 0 Å². The van der Waals surface area contributed by atoms with Crippen LogP contribution in [0.5, 0.6) is 0 Å². The molecule has 0 spiro atoms. The van der Waals surface area contributed by atoms with Crippen molar-refractivity contribution in [3.05, 3.63) is 16.3 Å². The van der Waals surface area contributed by atoms with Crippen molar-refractivity contribution >= 4 is 21.4 Å². The Morgan fingerprint density at radius 1 is 1.56 bits per heavy atom. The summed E-state index contributed by atoms with van der Waals surface area (Å²) in [5.74, 6) is 0. The second-order valence-corrected chi connectivity index (χ2v) is 7.15. The summed E-state index contributed by atoms with van der Waals surface area (Å²) >= 11 is 1.44. The van der Waals surface area contributed by atoms with E-state index in [9.17, 15) is 8.42 Å². The average molecular weight is 292 g/mol. The molecule has 5 nitrogen and oxygen atoms in total. The first kappa shape index (κ1) is 15.6. The van der Waals surface area contributed by atoms with E-state index in [0.717, 1.165) is 4.88 Å². The van der Waals surface area contributed by atoms with Crippen LogP contribution >= 0.6 is 11.3 Å². The molecule has 0 aliphatic rings. The van der Waals surface area contributed by atoms with Crippen molar-refractivity contribution in [3.8, 4) is 0 Å². The molecule has 18 heavy (non-hydrogen) atoms. The van der Waals surface area contributed by atoms with Crippen LogP contribution in [0.25, 0.3) is 0 Å². The van der Waals surface area contributed by atoms with Crippen molar-refractivity contribution in [2.75, 3.05) is 27.7 Å². The highest BCUT2D eigenvalue weighted by Crippen LogP contribution is 2.22. The SMILES string of the molecule is CNCc1cc(S(=O)(=O)N(C)CC(C)OC)cs1. The van der Waals surface area contributed by atoms with Crippen LogP contribution in [-0.2, 0) is 21.3 Å². The summed E-state index contributed by atoms with van der Waals surface area (Å²) in [5.41, 5.74) is 0. The molecular formula is C11H20N2O3S2. The third-order valence-electron chi connectivity index (χ3n) is 2.61. The van der Waals surface area contributed by atoms with E-state index in [1.807, 2.05) is 14.0 Å². The third kappa shape index (κ3) is 3.76. The fourth-order valence-electron chi connectivity index (χ4n) is 1.48. The van der Waals surface area contributed by atoms with E-state index in [2.05, 4.69) is 5.32 Å². The first-order chi connectivity index (χ1) is 8.41. The van der Waals surface area contributed by atoms with E-state index in [1.165, 1.54) is 15.6 Å². The predicted molar refractivity (Wildman–Crippen MR) is 73.4 cm³/mol. The molecule has 1 aromatic rings. The van der Waals surface area contributed by atoms with Gasteiger partial charge in [-0.25, -0.2) is 8.42 Å². The van der Waals surface area contributed by atoms with Gasteiger partial charge in [0.25, 0.3) is 0 Å². The third-order valence-corrected chi connectivity index (χ3v) is 5.49. The van der Waals surface area contributed by atoms with Crippen molar-refractivity contribution in [2.45, 2.75) is 24.5 Å². The maximum atomic E-state index is 12.3. The van der Waals surface area contributed by atoms with Gasteiger partial charge in [0.05, 0.1) is 11.0 Å². The quantitative estimate of drug-likeness (QED) is 0.818. The summed E-state index contributed by atoms with van der Waals surface area (Å²) in [5, 5.41) is 4.68. The van der Waals surface area contributed by atoms with Gasteiger partial charge in [0.2, 0.25) is 10.0 Å². The Morgan fingerprint density at radius 3 is 2.78 bits per heavy atom. The minimum Gasteiger partial charge on any atom is -0.380 e. The molecule has 0 aliphatic heterocycles. The van der Waals surface area contributed by atoms with E-state index in [0.29, 0.717) is 18.0 Å². The summed E-state index contributed by atoms with van der Waals surface area (Å²) < 4.78 is 30.9. The van der Waals surface area contributed by atoms with Crippen LogP contribution in [0.4, 0.5) is 0 Å². The average Bonchev–Trinajstić information content (AvgIpc) is 2.78. The minimum absolute atomic E-state index is 0.125. The van der Waals surface area contributed by atoms with Crippen LogP contribution in [0.15, 0.2) is 16.3 Å².